The predicted molar refractivity (Wildman–Crippen MR) is 76.3 cm³/mol. The van der Waals surface area contributed by atoms with Gasteiger partial charge in [0.15, 0.2) is 0 Å². The molecule has 0 saturated heterocycles. The van der Waals surface area contributed by atoms with Crippen LogP contribution in [0.15, 0.2) is 0 Å². The monoisotopic (exact) mass is 270 g/mol. The lowest BCUT2D eigenvalue weighted by Gasteiger charge is -2.51. The summed E-state index contributed by atoms with van der Waals surface area (Å²) in [5.74, 6) is 0. The molecular weight excluding hydrogens is 240 g/mol. The quantitative estimate of drug-likeness (QED) is 0.676. The van der Waals surface area contributed by atoms with Crippen molar-refractivity contribution in [2.24, 2.45) is 10.8 Å². The van der Waals surface area contributed by atoms with Crippen LogP contribution in [0.4, 0.5) is 0 Å². The van der Waals surface area contributed by atoms with E-state index in [0.29, 0.717) is 12.2 Å². The van der Waals surface area contributed by atoms with Crippen molar-refractivity contribution in [2.45, 2.75) is 64.6 Å². The average Bonchev–Trinajstić information content (AvgIpc) is 2.38. The Kier molecular flexibility index (Phi) is 4.91. The number of hydrogen-bond acceptors (Lipinski definition) is 3. The van der Waals surface area contributed by atoms with E-state index in [1.807, 2.05) is 14.2 Å². The fourth-order valence-corrected chi connectivity index (χ4v) is 3.88. The molecule has 2 aliphatic rings. The van der Waals surface area contributed by atoms with Crippen LogP contribution in [-0.2, 0) is 14.2 Å². The van der Waals surface area contributed by atoms with E-state index >= 15 is 0 Å². The zero-order valence-corrected chi connectivity index (χ0v) is 13.0. The van der Waals surface area contributed by atoms with Crippen molar-refractivity contribution in [3.8, 4) is 0 Å². The molecular formula is C16H30O3. The predicted octanol–water partition coefficient (Wildman–Crippen LogP) is 3.41. The molecule has 0 aromatic carbocycles. The summed E-state index contributed by atoms with van der Waals surface area (Å²) in [5, 5.41) is 0. The lowest BCUT2D eigenvalue weighted by Crippen LogP contribution is -2.52. The first-order chi connectivity index (χ1) is 9.16. The molecule has 2 saturated carbocycles. The molecule has 0 aromatic rings. The van der Waals surface area contributed by atoms with E-state index in [9.17, 15) is 0 Å². The van der Waals surface area contributed by atoms with E-state index in [0.717, 1.165) is 26.1 Å². The van der Waals surface area contributed by atoms with E-state index in [4.69, 9.17) is 14.2 Å². The smallest absolute Gasteiger partial charge is 0.0649 e. The maximum Gasteiger partial charge on any atom is 0.0649 e. The minimum atomic E-state index is 0.274. The van der Waals surface area contributed by atoms with E-state index in [1.165, 1.54) is 25.7 Å². The summed E-state index contributed by atoms with van der Waals surface area (Å²) in [6.45, 7) is 6.21. The Morgan fingerprint density at radius 2 is 1.26 bits per heavy atom. The summed E-state index contributed by atoms with van der Waals surface area (Å²) in [7, 11) is 3.66. The second-order valence-electron chi connectivity index (χ2n) is 6.45. The molecule has 2 fully saturated rings. The van der Waals surface area contributed by atoms with Gasteiger partial charge in [0, 0.05) is 25.0 Å². The highest BCUT2D eigenvalue weighted by Crippen LogP contribution is 2.48. The van der Waals surface area contributed by atoms with Gasteiger partial charge in [-0.05, 0) is 38.5 Å². The van der Waals surface area contributed by atoms with Crippen LogP contribution in [0.5, 0.6) is 0 Å². The SMILES string of the molecule is CCC1(COCC2(CC)CCC2OC)CCC1OC. The first-order valence-corrected chi connectivity index (χ1v) is 7.79. The first kappa shape index (κ1) is 15.3. The lowest BCUT2D eigenvalue weighted by atomic mass is 9.64. The molecule has 0 radical (unpaired) electrons. The van der Waals surface area contributed by atoms with Gasteiger partial charge in [0.25, 0.3) is 0 Å². The second-order valence-corrected chi connectivity index (χ2v) is 6.45. The zero-order valence-electron chi connectivity index (χ0n) is 13.0. The summed E-state index contributed by atoms with van der Waals surface area (Å²) in [6, 6.07) is 0. The van der Waals surface area contributed by atoms with Crippen molar-refractivity contribution in [1.82, 2.24) is 0 Å². The summed E-state index contributed by atoms with van der Waals surface area (Å²) in [6.07, 6.45) is 7.96. The Morgan fingerprint density at radius 3 is 1.47 bits per heavy atom. The fourth-order valence-electron chi connectivity index (χ4n) is 3.88. The molecule has 4 unspecified atom stereocenters. The number of methoxy groups -OCH3 is 2. The molecule has 0 heterocycles. The topological polar surface area (TPSA) is 27.7 Å². The van der Waals surface area contributed by atoms with Gasteiger partial charge in [-0.3, -0.25) is 0 Å². The molecule has 0 amide bonds. The van der Waals surface area contributed by atoms with E-state index in [1.54, 1.807) is 0 Å². The molecule has 0 bridgehead atoms. The van der Waals surface area contributed by atoms with Gasteiger partial charge >= 0.3 is 0 Å². The fraction of sp³-hybridized carbons (Fsp3) is 1.00. The highest BCUT2D eigenvalue weighted by Gasteiger charge is 2.49. The van der Waals surface area contributed by atoms with Gasteiger partial charge in [0.2, 0.25) is 0 Å². The highest BCUT2D eigenvalue weighted by molar-refractivity contribution is 4.98. The zero-order chi connectivity index (χ0) is 13.9. The summed E-state index contributed by atoms with van der Waals surface area (Å²) in [4.78, 5) is 0. The van der Waals surface area contributed by atoms with E-state index < -0.39 is 0 Å². The molecule has 3 nitrogen and oxygen atoms in total. The van der Waals surface area contributed by atoms with Crippen LogP contribution in [0, 0.1) is 10.8 Å². The van der Waals surface area contributed by atoms with Crippen molar-refractivity contribution in [3.05, 3.63) is 0 Å². The van der Waals surface area contributed by atoms with E-state index in [2.05, 4.69) is 13.8 Å². The van der Waals surface area contributed by atoms with Gasteiger partial charge in [-0.2, -0.15) is 0 Å². The largest absolute Gasteiger partial charge is 0.381 e. The van der Waals surface area contributed by atoms with Gasteiger partial charge in [0.1, 0.15) is 0 Å². The first-order valence-electron chi connectivity index (χ1n) is 7.79. The van der Waals surface area contributed by atoms with Crippen molar-refractivity contribution in [3.63, 3.8) is 0 Å². The Morgan fingerprint density at radius 1 is 0.842 bits per heavy atom. The summed E-state index contributed by atoms with van der Waals surface area (Å²) >= 11 is 0. The number of hydrogen-bond donors (Lipinski definition) is 0. The summed E-state index contributed by atoms with van der Waals surface area (Å²) < 4.78 is 17.3. The molecule has 2 rings (SSSR count). The Balaban J connectivity index is 1.82. The molecule has 0 spiro atoms. The molecule has 19 heavy (non-hydrogen) atoms. The summed E-state index contributed by atoms with van der Waals surface area (Å²) in [5.41, 5.74) is 0.548. The molecule has 112 valence electrons. The van der Waals surface area contributed by atoms with Crippen LogP contribution in [0.3, 0.4) is 0 Å². The number of ether oxygens (including phenoxy) is 3. The van der Waals surface area contributed by atoms with Crippen molar-refractivity contribution in [1.29, 1.82) is 0 Å². The van der Waals surface area contributed by atoms with Crippen molar-refractivity contribution >= 4 is 0 Å². The normalized spacial score (nSPS) is 41.7. The molecule has 3 heteroatoms. The molecule has 4 atom stereocenters. The van der Waals surface area contributed by atoms with Crippen LogP contribution in [0.25, 0.3) is 0 Å². The van der Waals surface area contributed by atoms with Crippen LogP contribution in [-0.4, -0.2) is 39.6 Å². The third-order valence-corrected chi connectivity index (χ3v) is 5.93. The van der Waals surface area contributed by atoms with E-state index in [-0.39, 0.29) is 10.8 Å². The molecule has 0 aliphatic heterocycles. The van der Waals surface area contributed by atoms with Gasteiger partial charge < -0.3 is 14.2 Å². The second kappa shape index (κ2) is 6.11. The van der Waals surface area contributed by atoms with Gasteiger partial charge in [-0.1, -0.05) is 13.8 Å². The van der Waals surface area contributed by atoms with Crippen LogP contribution in [0.2, 0.25) is 0 Å². The van der Waals surface area contributed by atoms with Crippen LogP contribution >= 0.6 is 0 Å². The van der Waals surface area contributed by atoms with Gasteiger partial charge in [-0.25, -0.2) is 0 Å². The maximum absolute atomic E-state index is 6.13. The average molecular weight is 270 g/mol. The van der Waals surface area contributed by atoms with Gasteiger partial charge in [-0.15, -0.1) is 0 Å². The Hall–Kier alpha value is -0.120. The van der Waals surface area contributed by atoms with Crippen LogP contribution in [0.1, 0.15) is 52.4 Å². The minimum absolute atomic E-state index is 0.274. The molecule has 2 aliphatic carbocycles. The third kappa shape index (κ3) is 2.57. The Labute approximate surface area is 118 Å². The van der Waals surface area contributed by atoms with Crippen molar-refractivity contribution < 1.29 is 14.2 Å². The Bertz CT molecular complexity index is 254. The third-order valence-electron chi connectivity index (χ3n) is 5.93. The maximum atomic E-state index is 6.13. The molecule has 0 N–H and O–H groups in total. The minimum Gasteiger partial charge on any atom is -0.381 e. The van der Waals surface area contributed by atoms with Gasteiger partial charge in [0.05, 0.1) is 25.4 Å². The standard InChI is InChI=1S/C16H30O3/c1-5-15(9-7-13(15)17-3)11-19-12-16(6-2)10-8-14(16)18-4/h13-14H,5-12H2,1-4H3. The van der Waals surface area contributed by atoms with Crippen molar-refractivity contribution in [2.75, 3.05) is 27.4 Å². The highest BCUT2D eigenvalue weighted by atomic mass is 16.5. The lowest BCUT2D eigenvalue weighted by molar-refractivity contribution is -0.170. The molecule has 0 aromatic heterocycles. The number of rotatable bonds is 8. The van der Waals surface area contributed by atoms with Crippen LogP contribution < -0.4 is 0 Å².